The fourth-order valence-electron chi connectivity index (χ4n) is 3.07. The molecule has 1 heterocycles. The quantitative estimate of drug-likeness (QED) is 0.609. The number of rotatable bonds is 4. The van der Waals surface area contributed by atoms with E-state index in [9.17, 15) is 22.7 Å². The highest BCUT2D eigenvalue weighted by atomic mass is 35.5. The number of amides is 1. The molecule has 158 valence electrons. The van der Waals surface area contributed by atoms with Crippen LogP contribution in [-0.4, -0.2) is 42.9 Å². The first kappa shape index (κ1) is 22.0. The van der Waals surface area contributed by atoms with Crippen LogP contribution < -0.4 is 11.1 Å². The number of benzene rings is 2. The maximum absolute atomic E-state index is 14.5. The molecule has 0 bridgehead atoms. The third-order valence-corrected chi connectivity index (χ3v) is 6.98. The second-order valence-corrected chi connectivity index (χ2v) is 9.08. The average Bonchev–Trinajstić information content (AvgIpc) is 2.69. The molecule has 0 spiro atoms. The molecule has 3 rings (SSSR count). The topological polar surface area (TPSA) is 137 Å². The van der Waals surface area contributed by atoms with E-state index in [-0.39, 0.29) is 53.5 Å². The van der Waals surface area contributed by atoms with Gasteiger partial charge in [-0.05, 0) is 43.2 Å². The first-order chi connectivity index (χ1) is 14.1. The Hall–Kier alpha value is -2.71. The molecule has 2 aromatic carbocycles. The lowest BCUT2D eigenvalue weighted by Gasteiger charge is -2.29. The number of hydrogen-bond acceptors (Lipinski definition) is 6. The Morgan fingerprint density at radius 3 is 2.60 bits per heavy atom. The van der Waals surface area contributed by atoms with Gasteiger partial charge in [0.2, 0.25) is 10.0 Å². The number of aliphatic hydroxyl groups is 1. The monoisotopic (exact) mass is 452 g/mol. The van der Waals surface area contributed by atoms with E-state index in [1.54, 1.807) is 0 Å². The van der Waals surface area contributed by atoms with Gasteiger partial charge in [-0.2, -0.15) is 9.57 Å². The molecule has 0 aliphatic carbocycles. The van der Waals surface area contributed by atoms with Crippen molar-refractivity contribution in [2.24, 2.45) is 0 Å². The minimum absolute atomic E-state index is 0.0383. The molecule has 1 amide bonds. The summed E-state index contributed by atoms with van der Waals surface area (Å²) in [6, 6.07) is 7.77. The first-order valence-electron chi connectivity index (χ1n) is 8.91. The van der Waals surface area contributed by atoms with Gasteiger partial charge in [0, 0.05) is 24.5 Å². The number of nitrogens with two attached hydrogens (primary N) is 1. The molecule has 0 radical (unpaired) electrons. The fourth-order valence-corrected chi connectivity index (χ4v) is 4.77. The highest BCUT2D eigenvalue weighted by Crippen LogP contribution is 2.28. The van der Waals surface area contributed by atoms with E-state index in [0.717, 1.165) is 16.4 Å². The van der Waals surface area contributed by atoms with Crippen LogP contribution in [0.5, 0.6) is 0 Å². The summed E-state index contributed by atoms with van der Waals surface area (Å²) in [5, 5.41) is 21.3. The molecule has 1 fully saturated rings. The SMILES string of the molecule is N#Cc1cc(NC(=O)c2cc(S(=O)(=O)N3CCC(O)CC3)c(F)cc2N)ccc1Cl. The predicted octanol–water partition coefficient (Wildman–Crippen LogP) is 2.33. The zero-order valence-corrected chi connectivity index (χ0v) is 17.2. The number of nitrogens with one attached hydrogen (secondary N) is 1. The van der Waals surface area contributed by atoms with E-state index in [2.05, 4.69) is 5.32 Å². The molecule has 4 N–H and O–H groups in total. The van der Waals surface area contributed by atoms with Gasteiger partial charge in [-0.15, -0.1) is 0 Å². The normalized spacial score (nSPS) is 15.5. The highest BCUT2D eigenvalue weighted by molar-refractivity contribution is 7.89. The number of nitrogens with zero attached hydrogens (tertiary/aromatic N) is 2. The Morgan fingerprint density at radius 1 is 1.30 bits per heavy atom. The minimum atomic E-state index is -4.23. The second-order valence-electron chi connectivity index (χ2n) is 6.77. The average molecular weight is 453 g/mol. The van der Waals surface area contributed by atoms with Gasteiger partial charge in [0.25, 0.3) is 5.91 Å². The van der Waals surface area contributed by atoms with Gasteiger partial charge in [-0.25, -0.2) is 12.8 Å². The molecule has 0 aromatic heterocycles. The zero-order chi connectivity index (χ0) is 22.1. The van der Waals surface area contributed by atoms with Gasteiger partial charge in [-0.1, -0.05) is 11.6 Å². The van der Waals surface area contributed by atoms with Crippen LogP contribution in [0.2, 0.25) is 5.02 Å². The molecular formula is C19H18ClFN4O4S. The molecule has 0 saturated carbocycles. The summed E-state index contributed by atoms with van der Waals surface area (Å²) in [6.45, 7) is 0.0765. The second kappa shape index (κ2) is 8.57. The van der Waals surface area contributed by atoms with Crippen molar-refractivity contribution >= 4 is 38.9 Å². The van der Waals surface area contributed by atoms with Crippen LogP contribution in [0, 0.1) is 17.1 Å². The van der Waals surface area contributed by atoms with Crippen LogP contribution >= 0.6 is 11.6 Å². The Labute approximate surface area is 177 Å². The third-order valence-electron chi connectivity index (χ3n) is 4.73. The minimum Gasteiger partial charge on any atom is -0.398 e. The van der Waals surface area contributed by atoms with Crippen LogP contribution in [-0.2, 0) is 10.0 Å². The number of hydrogen-bond donors (Lipinski definition) is 3. The lowest BCUT2D eigenvalue weighted by Crippen LogP contribution is -2.40. The predicted molar refractivity (Wildman–Crippen MR) is 109 cm³/mol. The summed E-state index contributed by atoms with van der Waals surface area (Å²) in [7, 11) is -4.23. The standard InChI is InChI=1S/C19H18ClFN4O4S/c20-15-2-1-12(7-11(15)10-22)24-19(27)14-8-18(16(21)9-17(14)23)30(28,29)25-5-3-13(26)4-6-25/h1-2,7-9,13,26H,3-6,23H2,(H,24,27). The van der Waals surface area contributed by atoms with Crippen molar-refractivity contribution in [3.63, 3.8) is 0 Å². The zero-order valence-electron chi connectivity index (χ0n) is 15.6. The van der Waals surface area contributed by atoms with E-state index < -0.39 is 32.7 Å². The van der Waals surface area contributed by atoms with Crippen molar-refractivity contribution in [3.8, 4) is 6.07 Å². The molecular weight excluding hydrogens is 435 g/mol. The van der Waals surface area contributed by atoms with Gasteiger partial charge in [0.05, 0.1) is 22.3 Å². The van der Waals surface area contributed by atoms with Gasteiger partial charge in [0.1, 0.15) is 16.8 Å². The van der Waals surface area contributed by atoms with Gasteiger partial charge in [-0.3, -0.25) is 4.79 Å². The number of nitriles is 1. The lowest BCUT2D eigenvalue weighted by molar-refractivity contribution is 0.102. The fraction of sp³-hybridized carbons (Fsp3) is 0.263. The molecule has 1 aliphatic rings. The molecule has 30 heavy (non-hydrogen) atoms. The summed E-state index contributed by atoms with van der Waals surface area (Å²) in [4.78, 5) is 12.0. The number of piperidine rings is 1. The smallest absolute Gasteiger partial charge is 0.257 e. The Balaban J connectivity index is 1.93. The number of carbonyl (C=O) groups excluding carboxylic acids is 1. The molecule has 1 saturated heterocycles. The van der Waals surface area contributed by atoms with Crippen LogP contribution in [0.25, 0.3) is 0 Å². The summed E-state index contributed by atoms with van der Waals surface area (Å²) >= 11 is 5.86. The van der Waals surface area contributed by atoms with E-state index in [1.165, 1.54) is 18.2 Å². The third kappa shape index (κ3) is 4.39. The van der Waals surface area contributed by atoms with Crippen LogP contribution in [0.1, 0.15) is 28.8 Å². The van der Waals surface area contributed by atoms with Crippen molar-refractivity contribution in [2.45, 2.75) is 23.8 Å². The van der Waals surface area contributed by atoms with Crippen LogP contribution in [0.3, 0.4) is 0 Å². The molecule has 2 aromatic rings. The number of carbonyl (C=O) groups is 1. The number of aliphatic hydroxyl groups excluding tert-OH is 1. The maximum atomic E-state index is 14.5. The lowest BCUT2D eigenvalue weighted by atomic mass is 10.1. The highest BCUT2D eigenvalue weighted by Gasteiger charge is 2.32. The molecule has 0 atom stereocenters. The van der Waals surface area contributed by atoms with Gasteiger partial charge < -0.3 is 16.2 Å². The van der Waals surface area contributed by atoms with Crippen molar-refractivity contribution in [1.82, 2.24) is 4.31 Å². The maximum Gasteiger partial charge on any atom is 0.257 e. The van der Waals surface area contributed by atoms with E-state index in [1.807, 2.05) is 6.07 Å². The first-order valence-corrected chi connectivity index (χ1v) is 10.7. The van der Waals surface area contributed by atoms with E-state index >= 15 is 0 Å². The molecule has 1 aliphatic heterocycles. The van der Waals surface area contributed by atoms with Crippen molar-refractivity contribution in [2.75, 3.05) is 24.1 Å². The summed E-state index contributed by atoms with van der Waals surface area (Å²) in [6.07, 6.45) is -0.131. The Bertz CT molecular complexity index is 1140. The molecule has 11 heteroatoms. The Morgan fingerprint density at radius 2 is 1.97 bits per heavy atom. The van der Waals surface area contributed by atoms with Crippen molar-refractivity contribution in [3.05, 3.63) is 52.3 Å². The van der Waals surface area contributed by atoms with E-state index in [4.69, 9.17) is 22.6 Å². The van der Waals surface area contributed by atoms with Crippen LogP contribution in [0.15, 0.2) is 35.2 Å². The number of nitrogen functional groups attached to an aromatic ring is 1. The van der Waals surface area contributed by atoms with E-state index in [0.29, 0.717) is 0 Å². The summed E-state index contributed by atoms with van der Waals surface area (Å²) in [5.74, 6) is -1.85. The molecule has 0 unspecified atom stereocenters. The number of anilines is 2. The summed E-state index contributed by atoms with van der Waals surface area (Å²) < 4.78 is 41.3. The number of sulfonamides is 1. The largest absolute Gasteiger partial charge is 0.398 e. The van der Waals surface area contributed by atoms with Crippen molar-refractivity contribution in [1.29, 1.82) is 5.26 Å². The van der Waals surface area contributed by atoms with Crippen molar-refractivity contribution < 1.29 is 22.7 Å². The van der Waals surface area contributed by atoms with Gasteiger partial charge in [0.15, 0.2) is 0 Å². The van der Waals surface area contributed by atoms with Crippen LogP contribution in [0.4, 0.5) is 15.8 Å². The summed E-state index contributed by atoms with van der Waals surface area (Å²) in [5.41, 5.74) is 5.64. The van der Waals surface area contributed by atoms with Gasteiger partial charge >= 0.3 is 0 Å². The Kier molecular flexibility index (Phi) is 6.28. The molecule has 8 nitrogen and oxygen atoms in total. The number of halogens is 2.